The van der Waals surface area contributed by atoms with Crippen LogP contribution in [0.4, 0.5) is 15.0 Å². The fourth-order valence-electron chi connectivity index (χ4n) is 3.84. The number of halogens is 1. The Morgan fingerprint density at radius 3 is 2.83 bits per heavy atom. The van der Waals surface area contributed by atoms with Gasteiger partial charge in [-0.2, -0.15) is 9.97 Å². The van der Waals surface area contributed by atoms with Crippen LogP contribution in [0.5, 0.6) is 6.01 Å². The number of carbonyl (C=O) groups excluding carboxylic acids is 1. The van der Waals surface area contributed by atoms with Gasteiger partial charge in [-0.05, 0) is 25.5 Å². The molecule has 0 unspecified atom stereocenters. The van der Waals surface area contributed by atoms with Gasteiger partial charge in [0.05, 0.1) is 12.2 Å². The van der Waals surface area contributed by atoms with Crippen molar-refractivity contribution in [1.82, 2.24) is 19.8 Å². The number of fused-ring (bicyclic) bond motifs is 1. The highest BCUT2D eigenvalue weighted by Gasteiger charge is 2.30. The van der Waals surface area contributed by atoms with E-state index in [0.717, 1.165) is 11.1 Å². The summed E-state index contributed by atoms with van der Waals surface area (Å²) in [6.45, 7) is 1.67. The number of aromatic nitrogens is 2. The highest BCUT2D eigenvalue weighted by atomic mass is 19.1. The summed E-state index contributed by atoms with van der Waals surface area (Å²) in [5.41, 5.74) is 8.51. The van der Waals surface area contributed by atoms with Gasteiger partial charge in [0.1, 0.15) is 25.2 Å². The van der Waals surface area contributed by atoms with E-state index in [2.05, 4.69) is 9.97 Å². The van der Waals surface area contributed by atoms with Crippen LogP contribution in [0.25, 0.3) is 0 Å². The molecule has 1 aromatic carbocycles. The lowest BCUT2D eigenvalue weighted by Crippen LogP contribution is -2.37. The molecule has 8 nitrogen and oxygen atoms in total. The van der Waals surface area contributed by atoms with Gasteiger partial charge in [-0.25, -0.2) is 9.18 Å². The van der Waals surface area contributed by atoms with Gasteiger partial charge in [-0.3, -0.25) is 4.90 Å². The van der Waals surface area contributed by atoms with E-state index in [9.17, 15) is 9.18 Å². The number of benzene rings is 1. The molecule has 2 N–H and O–H groups in total. The molecule has 0 radical (unpaired) electrons. The molecule has 3 heterocycles. The first-order valence-electron chi connectivity index (χ1n) is 10.1. The van der Waals surface area contributed by atoms with Crippen molar-refractivity contribution in [3.63, 3.8) is 0 Å². The SMILES string of the molecule is CN1C[C@H](F)C[C@@H]1COc1nc(N)c2c(n1)CN(C(=O)OCc1ccccc1)CC2. The van der Waals surface area contributed by atoms with E-state index in [1.54, 1.807) is 4.90 Å². The monoisotopic (exact) mass is 415 g/mol. The van der Waals surface area contributed by atoms with Crippen molar-refractivity contribution in [1.29, 1.82) is 0 Å². The Morgan fingerprint density at radius 1 is 1.30 bits per heavy atom. The van der Waals surface area contributed by atoms with Crippen LogP contribution in [-0.2, 0) is 24.3 Å². The van der Waals surface area contributed by atoms with E-state index in [4.69, 9.17) is 15.2 Å². The highest BCUT2D eigenvalue weighted by Crippen LogP contribution is 2.25. The second-order valence-corrected chi connectivity index (χ2v) is 7.77. The Morgan fingerprint density at radius 2 is 2.10 bits per heavy atom. The number of hydrogen-bond donors (Lipinski definition) is 1. The number of nitrogens with zero attached hydrogens (tertiary/aromatic N) is 4. The summed E-state index contributed by atoms with van der Waals surface area (Å²) in [6.07, 6.45) is -0.256. The second-order valence-electron chi connectivity index (χ2n) is 7.77. The normalized spacial score (nSPS) is 21.3. The maximum Gasteiger partial charge on any atom is 0.410 e. The molecule has 0 saturated carbocycles. The van der Waals surface area contributed by atoms with Crippen LogP contribution in [0.1, 0.15) is 23.2 Å². The molecule has 1 fully saturated rings. The molecular weight excluding hydrogens is 389 g/mol. The van der Waals surface area contributed by atoms with Crippen LogP contribution < -0.4 is 10.5 Å². The molecule has 2 atom stereocenters. The van der Waals surface area contributed by atoms with Crippen LogP contribution >= 0.6 is 0 Å². The third-order valence-corrected chi connectivity index (χ3v) is 5.58. The molecule has 1 aromatic heterocycles. The van der Waals surface area contributed by atoms with Gasteiger partial charge in [0, 0.05) is 24.7 Å². The maximum atomic E-state index is 13.5. The lowest BCUT2D eigenvalue weighted by atomic mass is 10.1. The number of likely N-dealkylation sites (N-methyl/N-ethyl adjacent to an activating group) is 1. The fraction of sp³-hybridized carbons (Fsp3) is 0.476. The summed E-state index contributed by atoms with van der Waals surface area (Å²) in [7, 11) is 1.87. The number of rotatable bonds is 5. The van der Waals surface area contributed by atoms with Gasteiger partial charge in [-0.15, -0.1) is 0 Å². The Kier molecular flexibility index (Phi) is 5.98. The first-order chi connectivity index (χ1) is 14.5. The van der Waals surface area contributed by atoms with E-state index in [1.165, 1.54) is 0 Å². The Labute approximate surface area is 174 Å². The molecule has 1 saturated heterocycles. The van der Waals surface area contributed by atoms with E-state index < -0.39 is 12.3 Å². The van der Waals surface area contributed by atoms with E-state index >= 15 is 0 Å². The van der Waals surface area contributed by atoms with Crippen molar-refractivity contribution >= 4 is 11.9 Å². The van der Waals surface area contributed by atoms with Crippen LogP contribution in [0.3, 0.4) is 0 Å². The fourth-order valence-corrected chi connectivity index (χ4v) is 3.84. The van der Waals surface area contributed by atoms with Crippen molar-refractivity contribution < 1.29 is 18.7 Å². The Balaban J connectivity index is 1.37. The zero-order valence-corrected chi connectivity index (χ0v) is 17.0. The zero-order chi connectivity index (χ0) is 21.1. The maximum absolute atomic E-state index is 13.5. The van der Waals surface area contributed by atoms with Crippen LogP contribution in [0.15, 0.2) is 30.3 Å². The predicted octanol–water partition coefficient (Wildman–Crippen LogP) is 2.17. The number of likely N-dealkylation sites (tertiary alicyclic amines) is 1. The Hall–Kier alpha value is -2.94. The van der Waals surface area contributed by atoms with Gasteiger partial charge in [0.25, 0.3) is 0 Å². The largest absolute Gasteiger partial charge is 0.462 e. The first-order valence-corrected chi connectivity index (χ1v) is 10.1. The third-order valence-electron chi connectivity index (χ3n) is 5.58. The van der Waals surface area contributed by atoms with Crippen molar-refractivity contribution in [2.24, 2.45) is 0 Å². The number of carbonyl (C=O) groups is 1. The standard InChI is InChI=1S/C21H26FN5O3/c1-26-10-15(22)9-16(26)13-29-20-24-18-11-27(8-7-17(18)19(23)25-20)21(28)30-12-14-5-3-2-4-6-14/h2-6,15-16H,7-13H2,1H3,(H2,23,24,25)/t15-,16-/m1/s1. The number of nitrogen functional groups attached to an aromatic ring is 1. The second kappa shape index (κ2) is 8.83. The molecular formula is C21H26FN5O3. The molecule has 0 spiro atoms. The van der Waals surface area contributed by atoms with Gasteiger partial charge < -0.3 is 20.1 Å². The summed E-state index contributed by atoms with van der Waals surface area (Å²) in [5, 5.41) is 0. The summed E-state index contributed by atoms with van der Waals surface area (Å²) < 4.78 is 24.7. The molecule has 2 aliphatic rings. The molecule has 9 heteroatoms. The minimum Gasteiger partial charge on any atom is -0.462 e. The van der Waals surface area contributed by atoms with Crippen molar-refractivity contribution in [3.8, 4) is 6.01 Å². The highest BCUT2D eigenvalue weighted by molar-refractivity contribution is 5.68. The van der Waals surface area contributed by atoms with E-state index in [0.29, 0.717) is 37.4 Å². The number of ether oxygens (including phenoxy) is 2. The molecule has 0 bridgehead atoms. The topological polar surface area (TPSA) is 93.8 Å². The van der Waals surface area contributed by atoms with Crippen molar-refractivity contribution in [2.75, 3.05) is 32.5 Å². The molecule has 2 aliphatic heterocycles. The molecule has 160 valence electrons. The average Bonchev–Trinajstić information content (AvgIpc) is 3.07. The van der Waals surface area contributed by atoms with Crippen LogP contribution in [0.2, 0.25) is 0 Å². The lowest BCUT2D eigenvalue weighted by Gasteiger charge is -2.28. The van der Waals surface area contributed by atoms with Gasteiger partial charge in [-0.1, -0.05) is 30.3 Å². The average molecular weight is 415 g/mol. The first kappa shape index (κ1) is 20.3. The smallest absolute Gasteiger partial charge is 0.410 e. The van der Waals surface area contributed by atoms with Gasteiger partial charge >= 0.3 is 12.1 Å². The van der Waals surface area contributed by atoms with Crippen LogP contribution in [-0.4, -0.2) is 64.8 Å². The minimum absolute atomic E-state index is 0.0229. The zero-order valence-electron chi connectivity index (χ0n) is 17.0. The van der Waals surface area contributed by atoms with Gasteiger partial charge in [0.15, 0.2) is 0 Å². The minimum atomic E-state index is -0.839. The van der Waals surface area contributed by atoms with Crippen molar-refractivity contribution in [3.05, 3.63) is 47.2 Å². The van der Waals surface area contributed by atoms with E-state index in [1.807, 2.05) is 42.3 Å². The summed E-state index contributed by atoms with van der Waals surface area (Å²) in [5.74, 6) is 0.357. The summed E-state index contributed by atoms with van der Waals surface area (Å²) in [4.78, 5) is 24.7. The predicted molar refractivity (Wildman–Crippen MR) is 109 cm³/mol. The van der Waals surface area contributed by atoms with E-state index in [-0.39, 0.29) is 31.8 Å². The number of anilines is 1. The number of nitrogens with two attached hydrogens (primary N) is 1. The summed E-state index contributed by atoms with van der Waals surface area (Å²) in [6, 6.07) is 9.66. The number of alkyl halides is 1. The summed E-state index contributed by atoms with van der Waals surface area (Å²) >= 11 is 0. The number of hydrogen-bond acceptors (Lipinski definition) is 7. The van der Waals surface area contributed by atoms with Crippen molar-refractivity contribution in [2.45, 2.75) is 38.2 Å². The molecule has 0 aliphatic carbocycles. The molecule has 1 amide bonds. The quantitative estimate of drug-likeness (QED) is 0.800. The molecule has 2 aromatic rings. The molecule has 30 heavy (non-hydrogen) atoms. The Bertz CT molecular complexity index is 898. The van der Waals surface area contributed by atoms with Crippen LogP contribution in [0, 0.1) is 0 Å². The lowest BCUT2D eigenvalue weighted by molar-refractivity contribution is 0.0910. The van der Waals surface area contributed by atoms with Gasteiger partial charge in [0.2, 0.25) is 0 Å². The molecule has 4 rings (SSSR count). The number of amides is 1. The third kappa shape index (κ3) is 4.62.